The molecule has 1 aliphatic rings. The Labute approximate surface area is 165 Å². The van der Waals surface area contributed by atoms with E-state index in [1.54, 1.807) is 6.33 Å². The molecule has 146 valence electrons. The fourth-order valence-corrected chi connectivity index (χ4v) is 4.30. The molecule has 28 heavy (non-hydrogen) atoms. The second-order valence-corrected chi connectivity index (χ2v) is 7.79. The van der Waals surface area contributed by atoms with Crippen molar-refractivity contribution in [2.75, 3.05) is 25.0 Å². The molecule has 0 spiro atoms. The van der Waals surface area contributed by atoms with E-state index in [1.807, 2.05) is 50.2 Å². The summed E-state index contributed by atoms with van der Waals surface area (Å²) in [6, 6.07) is 6.27. The summed E-state index contributed by atoms with van der Waals surface area (Å²) in [5, 5.41) is 1.10. The molecule has 3 aromatic rings. The number of hydrogen-bond donors (Lipinski definition) is 1. The van der Waals surface area contributed by atoms with Crippen LogP contribution in [-0.4, -0.2) is 51.9 Å². The summed E-state index contributed by atoms with van der Waals surface area (Å²) in [5.41, 5.74) is 4.97. The van der Waals surface area contributed by atoms with Gasteiger partial charge in [-0.25, -0.2) is 9.97 Å². The van der Waals surface area contributed by atoms with Crippen molar-refractivity contribution >= 4 is 22.8 Å². The smallest absolute Gasteiger partial charge is 0.254 e. The van der Waals surface area contributed by atoms with Crippen LogP contribution in [0.4, 0.5) is 5.82 Å². The van der Waals surface area contributed by atoms with Crippen molar-refractivity contribution in [1.29, 1.82) is 0 Å². The molecular weight excluding hydrogens is 350 g/mol. The standard InChI is InChI=1S/C22H27N5O/c1-14-6-5-7-15(2)18(14)22(28)26(4)17-8-10-27(11-9-17)21-19-16(3)12-23-20(19)24-13-25-21/h5-7,12-13,17H,8-11H2,1-4H3,(H,23,24,25). The molecule has 1 N–H and O–H groups in total. The van der Waals surface area contributed by atoms with Gasteiger partial charge in [-0.15, -0.1) is 0 Å². The number of benzene rings is 1. The van der Waals surface area contributed by atoms with Gasteiger partial charge in [-0.3, -0.25) is 4.79 Å². The van der Waals surface area contributed by atoms with E-state index in [1.165, 1.54) is 0 Å². The molecular formula is C22H27N5O. The van der Waals surface area contributed by atoms with Gasteiger partial charge in [0.1, 0.15) is 17.8 Å². The number of fused-ring (bicyclic) bond motifs is 1. The number of carbonyl (C=O) groups excluding carboxylic acids is 1. The highest BCUT2D eigenvalue weighted by molar-refractivity contribution is 5.97. The number of anilines is 1. The van der Waals surface area contributed by atoms with Crippen molar-refractivity contribution in [2.45, 2.75) is 39.7 Å². The van der Waals surface area contributed by atoms with Gasteiger partial charge in [0.15, 0.2) is 0 Å². The number of aromatic amines is 1. The average Bonchev–Trinajstić information content (AvgIpc) is 3.08. The zero-order valence-corrected chi connectivity index (χ0v) is 17.0. The lowest BCUT2D eigenvalue weighted by Gasteiger charge is -2.37. The van der Waals surface area contributed by atoms with Crippen LogP contribution in [-0.2, 0) is 0 Å². The Morgan fingerprint density at radius 3 is 2.46 bits per heavy atom. The third-order valence-electron chi connectivity index (χ3n) is 5.97. The quantitative estimate of drug-likeness (QED) is 0.757. The van der Waals surface area contributed by atoms with Crippen molar-refractivity contribution in [3.63, 3.8) is 0 Å². The second-order valence-electron chi connectivity index (χ2n) is 7.79. The molecule has 0 bridgehead atoms. The van der Waals surface area contributed by atoms with Gasteiger partial charge in [-0.2, -0.15) is 0 Å². The monoisotopic (exact) mass is 377 g/mol. The van der Waals surface area contributed by atoms with Crippen LogP contribution in [0.5, 0.6) is 0 Å². The summed E-state index contributed by atoms with van der Waals surface area (Å²) in [7, 11) is 1.94. The number of nitrogens with one attached hydrogen (secondary N) is 1. The molecule has 1 aliphatic heterocycles. The summed E-state index contributed by atoms with van der Waals surface area (Å²) in [4.78, 5) is 29.5. The molecule has 4 rings (SSSR count). The zero-order chi connectivity index (χ0) is 19.8. The molecule has 3 heterocycles. The van der Waals surface area contributed by atoms with E-state index >= 15 is 0 Å². The minimum absolute atomic E-state index is 0.125. The Kier molecular flexibility index (Phi) is 4.79. The van der Waals surface area contributed by atoms with Crippen LogP contribution in [0.3, 0.4) is 0 Å². The van der Waals surface area contributed by atoms with Crippen LogP contribution < -0.4 is 4.90 Å². The SMILES string of the molecule is Cc1cccc(C)c1C(=O)N(C)C1CCN(c2ncnc3[nH]cc(C)c23)CC1. The Morgan fingerprint density at radius 2 is 1.79 bits per heavy atom. The molecule has 1 saturated heterocycles. The van der Waals surface area contributed by atoms with E-state index in [4.69, 9.17) is 0 Å². The summed E-state index contributed by atoms with van der Waals surface area (Å²) in [6.07, 6.45) is 5.47. The first kappa shape index (κ1) is 18.5. The van der Waals surface area contributed by atoms with Gasteiger partial charge in [-0.1, -0.05) is 18.2 Å². The van der Waals surface area contributed by atoms with Gasteiger partial charge in [0.2, 0.25) is 0 Å². The lowest BCUT2D eigenvalue weighted by atomic mass is 9.98. The average molecular weight is 377 g/mol. The van der Waals surface area contributed by atoms with E-state index in [0.29, 0.717) is 0 Å². The third-order valence-corrected chi connectivity index (χ3v) is 5.97. The van der Waals surface area contributed by atoms with E-state index in [0.717, 1.165) is 65.0 Å². The molecule has 0 radical (unpaired) electrons. The first-order chi connectivity index (χ1) is 13.5. The summed E-state index contributed by atoms with van der Waals surface area (Å²) in [5.74, 6) is 1.12. The molecule has 0 atom stereocenters. The number of aromatic nitrogens is 3. The van der Waals surface area contributed by atoms with Crippen LogP contribution in [0.25, 0.3) is 11.0 Å². The highest BCUT2D eigenvalue weighted by Crippen LogP contribution is 2.29. The molecule has 1 amide bonds. The molecule has 2 aromatic heterocycles. The minimum atomic E-state index is 0.125. The third kappa shape index (κ3) is 3.13. The number of nitrogens with zero attached hydrogens (tertiary/aromatic N) is 4. The minimum Gasteiger partial charge on any atom is -0.356 e. The zero-order valence-electron chi connectivity index (χ0n) is 17.0. The van der Waals surface area contributed by atoms with Crippen LogP contribution in [0.1, 0.15) is 39.9 Å². The maximum atomic E-state index is 13.1. The first-order valence-electron chi connectivity index (χ1n) is 9.84. The van der Waals surface area contributed by atoms with Crippen LogP contribution in [0.2, 0.25) is 0 Å². The number of rotatable bonds is 3. The lowest BCUT2D eigenvalue weighted by Crippen LogP contribution is -2.46. The van der Waals surface area contributed by atoms with Crippen LogP contribution in [0, 0.1) is 20.8 Å². The van der Waals surface area contributed by atoms with E-state index in [2.05, 4.69) is 26.8 Å². The Bertz CT molecular complexity index is 997. The Balaban J connectivity index is 1.49. The predicted molar refractivity (Wildman–Crippen MR) is 112 cm³/mol. The largest absolute Gasteiger partial charge is 0.356 e. The number of amides is 1. The molecule has 0 saturated carbocycles. The van der Waals surface area contributed by atoms with Gasteiger partial charge in [0.05, 0.1) is 5.39 Å². The Hall–Kier alpha value is -2.89. The maximum Gasteiger partial charge on any atom is 0.254 e. The normalized spacial score (nSPS) is 15.2. The molecule has 1 aromatic carbocycles. The summed E-state index contributed by atoms with van der Waals surface area (Å²) >= 11 is 0. The van der Waals surface area contributed by atoms with Crippen molar-refractivity contribution in [1.82, 2.24) is 19.9 Å². The van der Waals surface area contributed by atoms with Gasteiger partial charge < -0.3 is 14.8 Å². The molecule has 6 nitrogen and oxygen atoms in total. The highest BCUT2D eigenvalue weighted by atomic mass is 16.2. The van der Waals surface area contributed by atoms with Crippen molar-refractivity contribution in [3.8, 4) is 0 Å². The molecule has 0 unspecified atom stereocenters. The fraction of sp³-hybridized carbons (Fsp3) is 0.409. The summed E-state index contributed by atoms with van der Waals surface area (Å²) in [6.45, 7) is 7.86. The number of piperidine rings is 1. The first-order valence-corrected chi connectivity index (χ1v) is 9.84. The van der Waals surface area contributed by atoms with Crippen molar-refractivity contribution in [2.24, 2.45) is 0 Å². The van der Waals surface area contributed by atoms with E-state index < -0.39 is 0 Å². The van der Waals surface area contributed by atoms with Gasteiger partial charge in [0.25, 0.3) is 5.91 Å². The van der Waals surface area contributed by atoms with Gasteiger partial charge >= 0.3 is 0 Å². The fourth-order valence-electron chi connectivity index (χ4n) is 4.30. The number of hydrogen-bond acceptors (Lipinski definition) is 4. The van der Waals surface area contributed by atoms with Gasteiger partial charge in [-0.05, 0) is 50.3 Å². The van der Waals surface area contributed by atoms with E-state index in [9.17, 15) is 4.79 Å². The number of H-pyrrole nitrogens is 1. The number of carbonyl (C=O) groups is 1. The van der Waals surface area contributed by atoms with Crippen molar-refractivity contribution < 1.29 is 4.79 Å². The Morgan fingerprint density at radius 1 is 1.11 bits per heavy atom. The summed E-state index contributed by atoms with van der Waals surface area (Å²) < 4.78 is 0. The maximum absolute atomic E-state index is 13.1. The second kappa shape index (κ2) is 7.26. The number of aryl methyl sites for hydroxylation is 3. The topological polar surface area (TPSA) is 65.1 Å². The lowest BCUT2D eigenvalue weighted by molar-refractivity contribution is 0.0707. The van der Waals surface area contributed by atoms with Gasteiger partial charge in [0, 0.05) is 37.9 Å². The highest BCUT2D eigenvalue weighted by Gasteiger charge is 2.28. The molecule has 1 fully saturated rings. The molecule has 0 aliphatic carbocycles. The van der Waals surface area contributed by atoms with Crippen LogP contribution >= 0.6 is 0 Å². The van der Waals surface area contributed by atoms with Crippen LogP contribution in [0.15, 0.2) is 30.7 Å². The van der Waals surface area contributed by atoms with E-state index in [-0.39, 0.29) is 11.9 Å². The molecule has 6 heteroatoms. The predicted octanol–water partition coefficient (Wildman–Crippen LogP) is 3.62. The van der Waals surface area contributed by atoms with Crippen molar-refractivity contribution in [3.05, 3.63) is 53.0 Å².